The molecule has 3 N–H and O–H groups in total. The van der Waals surface area contributed by atoms with Gasteiger partial charge in [-0.2, -0.15) is 0 Å². The minimum atomic E-state index is -0.657. The Kier molecular flexibility index (Phi) is 12.7. The molecule has 3 aromatic carbocycles. The lowest BCUT2D eigenvalue weighted by atomic mass is 9.90. The van der Waals surface area contributed by atoms with Crippen molar-refractivity contribution in [2.75, 3.05) is 49.5 Å². The van der Waals surface area contributed by atoms with Crippen LogP contribution in [0.25, 0.3) is 0 Å². The largest absolute Gasteiger partial charge is 0.392 e. The second-order valence-electron chi connectivity index (χ2n) is 12.9. The summed E-state index contributed by atoms with van der Waals surface area (Å²) in [6, 6.07) is 22.1. The summed E-state index contributed by atoms with van der Waals surface area (Å²) in [7, 11) is 0. The van der Waals surface area contributed by atoms with Crippen LogP contribution in [0.4, 0.5) is 17.1 Å². The molecule has 0 spiro atoms. The van der Waals surface area contributed by atoms with Crippen molar-refractivity contribution >= 4 is 28.9 Å². The predicted octanol–water partition coefficient (Wildman–Crippen LogP) is 5.34. The third kappa shape index (κ3) is 10.1. The lowest BCUT2D eigenvalue weighted by molar-refractivity contribution is -0.384. The average molecular weight is 674 g/mol. The molecule has 0 bridgehead atoms. The van der Waals surface area contributed by atoms with Crippen LogP contribution >= 0.6 is 0 Å². The third-order valence-corrected chi connectivity index (χ3v) is 9.26. The van der Waals surface area contributed by atoms with E-state index < -0.39 is 6.29 Å². The van der Waals surface area contributed by atoms with Crippen LogP contribution in [-0.2, 0) is 25.7 Å². The van der Waals surface area contributed by atoms with Crippen molar-refractivity contribution in [1.82, 2.24) is 10.2 Å². The molecule has 0 aliphatic carbocycles. The van der Waals surface area contributed by atoms with E-state index in [1.807, 2.05) is 60.7 Å². The highest BCUT2D eigenvalue weighted by molar-refractivity contribution is 5.90. The summed E-state index contributed by atoms with van der Waals surface area (Å²) in [5, 5.41) is 26.4. The van der Waals surface area contributed by atoms with E-state index in [4.69, 9.17) is 9.47 Å². The number of nitrogens with one attached hydrogen (secondary N) is 2. The lowest BCUT2D eigenvalue weighted by Crippen LogP contribution is -2.51. The van der Waals surface area contributed by atoms with Gasteiger partial charge in [-0.3, -0.25) is 24.6 Å². The fraction of sp³-hybridized carbons (Fsp3) is 0.459. The van der Waals surface area contributed by atoms with Crippen LogP contribution in [0, 0.1) is 16.0 Å². The first-order chi connectivity index (χ1) is 23.7. The first-order valence-electron chi connectivity index (χ1n) is 17.1. The Labute approximate surface area is 287 Å². The van der Waals surface area contributed by atoms with Gasteiger partial charge in [0.15, 0.2) is 6.29 Å². The number of carbonyl (C=O) groups is 2. The molecule has 4 atom stereocenters. The molecule has 2 aliphatic heterocycles. The maximum atomic E-state index is 12.7. The number of benzene rings is 3. The Hall–Kier alpha value is -4.36. The van der Waals surface area contributed by atoms with E-state index in [9.17, 15) is 24.8 Å². The first kappa shape index (κ1) is 35.9. The fourth-order valence-electron chi connectivity index (χ4n) is 6.39. The van der Waals surface area contributed by atoms with E-state index in [0.29, 0.717) is 25.2 Å². The molecule has 3 aromatic rings. The number of ether oxygens (including phenoxy) is 2. The van der Waals surface area contributed by atoms with Gasteiger partial charge in [0, 0.05) is 87.6 Å². The number of nitro benzene ring substituents is 1. The highest BCUT2D eigenvalue weighted by atomic mass is 16.7. The van der Waals surface area contributed by atoms with Crippen LogP contribution in [0.5, 0.6) is 0 Å². The molecule has 12 nitrogen and oxygen atoms in total. The number of nitrogens with zero attached hydrogens (tertiary/aromatic N) is 3. The number of piperazine rings is 1. The van der Waals surface area contributed by atoms with Crippen LogP contribution in [0.3, 0.4) is 0 Å². The van der Waals surface area contributed by atoms with Gasteiger partial charge in [-0.05, 0) is 48.2 Å². The van der Waals surface area contributed by atoms with Gasteiger partial charge in [0.2, 0.25) is 11.8 Å². The molecule has 2 fully saturated rings. The maximum absolute atomic E-state index is 12.7. The van der Waals surface area contributed by atoms with Crippen LogP contribution < -0.4 is 15.5 Å². The number of unbranched alkanes of at least 4 members (excludes halogenated alkanes) is 2. The van der Waals surface area contributed by atoms with E-state index in [0.717, 1.165) is 67.8 Å². The molecule has 2 aliphatic rings. The molecule has 2 saturated heterocycles. The third-order valence-electron chi connectivity index (χ3n) is 9.26. The summed E-state index contributed by atoms with van der Waals surface area (Å²) in [6.45, 7) is 8.16. The van der Waals surface area contributed by atoms with Gasteiger partial charge in [-0.1, -0.05) is 49.7 Å². The van der Waals surface area contributed by atoms with Crippen molar-refractivity contribution in [3.8, 4) is 0 Å². The summed E-state index contributed by atoms with van der Waals surface area (Å²) in [5.74, 6) is -0.0873. The summed E-state index contributed by atoms with van der Waals surface area (Å²) in [4.78, 5) is 39.1. The molecule has 0 saturated carbocycles. The fourth-order valence-corrected chi connectivity index (χ4v) is 6.39. The van der Waals surface area contributed by atoms with Gasteiger partial charge in [0.05, 0.1) is 23.7 Å². The Morgan fingerprint density at radius 1 is 0.939 bits per heavy atom. The van der Waals surface area contributed by atoms with E-state index in [1.165, 1.54) is 6.92 Å². The van der Waals surface area contributed by atoms with Crippen molar-refractivity contribution < 1.29 is 29.1 Å². The maximum Gasteiger partial charge on any atom is 0.269 e. The number of aliphatic hydroxyl groups excluding tert-OH is 1. The number of nitro groups is 1. The molecular weight excluding hydrogens is 626 g/mol. The summed E-state index contributed by atoms with van der Waals surface area (Å²) < 4.78 is 13.3. The topological polar surface area (TPSA) is 147 Å². The van der Waals surface area contributed by atoms with Gasteiger partial charge in [-0.25, -0.2) is 0 Å². The number of hydrogen-bond donors (Lipinski definition) is 3. The molecule has 2 amide bonds. The van der Waals surface area contributed by atoms with Crippen LogP contribution in [-0.4, -0.2) is 72.1 Å². The molecule has 0 radical (unpaired) electrons. The average Bonchev–Trinajstić information content (AvgIpc) is 3.11. The number of non-ortho nitro benzene ring substituents is 1. The van der Waals surface area contributed by atoms with E-state index in [1.54, 1.807) is 12.1 Å². The molecule has 0 aromatic heterocycles. The molecule has 2 heterocycles. The number of aliphatic hydroxyl groups is 1. The molecular formula is C37H47N5O7. The van der Waals surface area contributed by atoms with E-state index in [2.05, 4.69) is 27.4 Å². The second kappa shape index (κ2) is 17.3. The minimum absolute atomic E-state index is 0.0254. The van der Waals surface area contributed by atoms with Gasteiger partial charge >= 0.3 is 0 Å². The van der Waals surface area contributed by atoms with Gasteiger partial charge in [0.25, 0.3) is 5.69 Å². The number of carbonyl (C=O) groups excluding carboxylic acids is 2. The van der Waals surface area contributed by atoms with Crippen molar-refractivity contribution in [2.45, 2.75) is 64.6 Å². The predicted molar refractivity (Wildman–Crippen MR) is 187 cm³/mol. The first-order valence-corrected chi connectivity index (χ1v) is 17.1. The summed E-state index contributed by atoms with van der Waals surface area (Å²) in [6.07, 6.45) is 1.75. The number of rotatable bonds is 14. The zero-order valence-electron chi connectivity index (χ0n) is 28.3. The van der Waals surface area contributed by atoms with E-state index in [-0.39, 0.29) is 47.2 Å². The summed E-state index contributed by atoms with van der Waals surface area (Å²) >= 11 is 0. The molecule has 5 rings (SSSR count). The Morgan fingerprint density at radius 2 is 1.67 bits per heavy atom. The Bertz CT molecular complexity index is 1540. The highest BCUT2D eigenvalue weighted by Gasteiger charge is 2.39. The second-order valence-corrected chi connectivity index (χ2v) is 12.9. The zero-order chi connectivity index (χ0) is 34.8. The molecule has 0 unspecified atom stereocenters. The van der Waals surface area contributed by atoms with Gasteiger partial charge < -0.3 is 30.1 Å². The quantitative estimate of drug-likeness (QED) is 0.117. The van der Waals surface area contributed by atoms with Crippen molar-refractivity contribution in [3.05, 3.63) is 99.6 Å². The number of amides is 2. The molecule has 12 heteroatoms. The monoisotopic (exact) mass is 673 g/mol. The number of hydrogen-bond acceptors (Lipinski definition) is 9. The lowest BCUT2D eigenvalue weighted by Gasteiger charge is -2.44. The van der Waals surface area contributed by atoms with Gasteiger partial charge in [0.1, 0.15) is 0 Å². The minimum Gasteiger partial charge on any atom is -0.392 e. The van der Waals surface area contributed by atoms with Crippen molar-refractivity contribution in [2.24, 2.45) is 5.92 Å². The van der Waals surface area contributed by atoms with E-state index >= 15 is 0 Å². The SMILES string of the molecule is CC(=O)NCCCCCC(=O)Nc1cccc([C@@H]2O[C@H](CN3CCN(c4ccc([N+](=O)[O-])cc4)CC3)[C@H](C)[C@H](c3ccc(CO)cc3)O2)c1. The van der Waals surface area contributed by atoms with Crippen LogP contribution in [0.15, 0.2) is 72.8 Å². The van der Waals surface area contributed by atoms with Crippen molar-refractivity contribution in [1.29, 1.82) is 0 Å². The normalized spacial score (nSPS) is 21.2. The zero-order valence-corrected chi connectivity index (χ0v) is 28.3. The smallest absolute Gasteiger partial charge is 0.269 e. The Morgan fingerprint density at radius 3 is 2.35 bits per heavy atom. The van der Waals surface area contributed by atoms with Crippen LogP contribution in [0.1, 0.15) is 68.6 Å². The van der Waals surface area contributed by atoms with Gasteiger partial charge in [-0.15, -0.1) is 0 Å². The molecule has 49 heavy (non-hydrogen) atoms. The van der Waals surface area contributed by atoms with Crippen LogP contribution in [0.2, 0.25) is 0 Å². The summed E-state index contributed by atoms with van der Waals surface area (Å²) in [5.41, 5.74) is 4.39. The Balaban J connectivity index is 1.24. The molecule has 262 valence electrons. The standard InChI is InChI=1S/C37H47N5O7/c1-26-34(24-40-19-21-41(22-20-40)32-14-16-33(17-15-32)42(46)47)48-37(49-36(26)29-12-10-28(25-43)11-13-29)30-7-6-8-31(23-30)39-35(45)9-4-3-5-18-38-27(2)44/h6-8,10-17,23,26,34,36-37,43H,3-5,9,18-22,24-25H2,1-2H3,(H,38,44)(H,39,45)/t26-,34+,36+,37+/m0/s1. The van der Waals surface area contributed by atoms with Crippen molar-refractivity contribution in [3.63, 3.8) is 0 Å². The number of anilines is 2. The highest BCUT2D eigenvalue weighted by Crippen LogP contribution is 2.42.